The lowest BCUT2D eigenvalue weighted by atomic mass is 9.97. The number of aryl methyl sites for hydroxylation is 2. The third kappa shape index (κ3) is 2.40. The largest absolute Gasteiger partial charge is 0.507 e. The Morgan fingerprint density at radius 3 is 2.57 bits per heavy atom. The van der Waals surface area contributed by atoms with Crippen LogP contribution < -0.4 is 0 Å². The van der Waals surface area contributed by atoms with Crippen molar-refractivity contribution >= 4 is 11.0 Å². The number of rotatable bonds is 2. The van der Waals surface area contributed by atoms with Gasteiger partial charge in [-0.3, -0.25) is 0 Å². The third-order valence-electron chi connectivity index (χ3n) is 3.88. The molecule has 0 amide bonds. The van der Waals surface area contributed by atoms with Crippen LogP contribution in [0.15, 0.2) is 30.3 Å². The van der Waals surface area contributed by atoms with Gasteiger partial charge in [-0.2, -0.15) is 0 Å². The van der Waals surface area contributed by atoms with E-state index in [0.717, 1.165) is 28.0 Å². The summed E-state index contributed by atoms with van der Waals surface area (Å²) in [5.41, 5.74) is 5.96. The average molecular weight is 280 g/mol. The van der Waals surface area contributed by atoms with Crippen LogP contribution in [0.4, 0.5) is 0 Å². The van der Waals surface area contributed by atoms with Gasteiger partial charge in [0.2, 0.25) is 0 Å². The molecule has 1 aromatic heterocycles. The summed E-state index contributed by atoms with van der Waals surface area (Å²) in [5.74, 6) is 1.43. The topological polar surface area (TPSA) is 48.9 Å². The van der Waals surface area contributed by atoms with Gasteiger partial charge in [0.1, 0.15) is 11.6 Å². The number of phenols is 1. The van der Waals surface area contributed by atoms with Gasteiger partial charge >= 0.3 is 0 Å². The van der Waals surface area contributed by atoms with E-state index in [1.807, 2.05) is 31.2 Å². The molecule has 21 heavy (non-hydrogen) atoms. The van der Waals surface area contributed by atoms with Gasteiger partial charge in [0, 0.05) is 0 Å². The van der Waals surface area contributed by atoms with Crippen LogP contribution in [0.5, 0.6) is 5.75 Å². The van der Waals surface area contributed by atoms with E-state index in [4.69, 9.17) is 0 Å². The predicted octanol–water partition coefficient (Wildman–Crippen LogP) is 4.68. The number of aromatic hydroxyl groups is 1. The Kier molecular flexibility index (Phi) is 3.20. The molecule has 0 atom stereocenters. The fraction of sp³-hybridized carbons (Fsp3) is 0.278. The van der Waals surface area contributed by atoms with Gasteiger partial charge in [-0.05, 0) is 54.7 Å². The number of imidazole rings is 1. The van der Waals surface area contributed by atoms with Gasteiger partial charge in [-0.1, -0.05) is 26.0 Å². The minimum Gasteiger partial charge on any atom is -0.507 e. The summed E-state index contributed by atoms with van der Waals surface area (Å²) in [4.78, 5) is 7.93. The summed E-state index contributed by atoms with van der Waals surface area (Å²) in [6.45, 7) is 8.29. The van der Waals surface area contributed by atoms with E-state index < -0.39 is 0 Å². The van der Waals surface area contributed by atoms with Crippen molar-refractivity contribution in [2.75, 3.05) is 0 Å². The van der Waals surface area contributed by atoms with Crippen LogP contribution in [0.3, 0.4) is 0 Å². The number of phenolic OH excluding ortho intramolecular Hbond substituents is 1. The van der Waals surface area contributed by atoms with Crippen molar-refractivity contribution in [3.8, 4) is 17.1 Å². The zero-order valence-electron chi connectivity index (χ0n) is 12.9. The van der Waals surface area contributed by atoms with E-state index in [2.05, 4.69) is 36.8 Å². The molecule has 0 aliphatic rings. The molecular formula is C18H20N2O. The fourth-order valence-electron chi connectivity index (χ4n) is 2.57. The summed E-state index contributed by atoms with van der Waals surface area (Å²) >= 11 is 0. The van der Waals surface area contributed by atoms with Crippen molar-refractivity contribution < 1.29 is 5.11 Å². The highest BCUT2D eigenvalue weighted by atomic mass is 16.3. The van der Waals surface area contributed by atoms with Crippen molar-refractivity contribution in [1.29, 1.82) is 0 Å². The number of nitrogens with zero attached hydrogens (tertiary/aromatic N) is 1. The number of nitrogens with one attached hydrogen (secondary N) is 1. The summed E-state index contributed by atoms with van der Waals surface area (Å²) < 4.78 is 0. The number of fused-ring (bicyclic) bond motifs is 1. The minimum atomic E-state index is 0.301. The first-order valence-corrected chi connectivity index (χ1v) is 7.26. The molecule has 0 aliphatic carbocycles. The maximum atomic E-state index is 10.4. The van der Waals surface area contributed by atoms with Crippen molar-refractivity contribution in [3.05, 3.63) is 47.0 Å². The maximum absolute atomic E-state index is 10.4. The summed E-state index contributed by atoms with van der Waals surface area (Å²) in [6, 6.07) is 10.2. The maximum Gasteiger partial charge on any atom is 0.142 e. The molecule has 0 saturated heterocycles. The number of aromatic amines is 1. The molecule has 3 rings (SSSR count). The lowest BCUT2D eigenvalue weighted by Gasteiger charge is -2.11. The molecule has 0 aliphatic heterocycles. The van der Waals surface area contributed by atoms with E-state index in [-0.39, 0.29) is 0 Å². The van der Waals surface area contributed by atoms with Crippen LogP contribution in [-0.4, -0.2) is 15.1 Å². The molecular weight excluding hydrogens is 260 g/mol. The van der Waals surface area contributed by atoms with E-state index >= 15 is 0 Å². The second kappa shape index (κ2) is 4.92. The van der Waals surface area contributed by atoms with Crippen LogP contribution >= 0.6 is 0 Å². The number of H-pyrrole nitrogens is 1. The summed E-state index contributed by atoms with van der Waals surface area (Å²) in [7, 11) is 0. The van der Waals surface area contributed by atoms with Crippen molar-refractivity contribution in [1.82, 2.24) is 9.97 Å². The first-order valence-electron chi connectivity index (χ1n) is 7.26. The Labute approximate surface area is 124 Å². The van der Waals surface area contributed by atoms with Gasteiger partial charge in [-0.15, -0.1) is 0 Å². The Morgan fingerprint density at radius 1 is 1.10 bits per heavy atom. The van der Waals surface area contributed by atoms with E-state index in [1.165, 1.54) is 11.1 Å². The molecule has 0 fully saturated rings. The molecule has 1 heterocycles. The first-order chi connectivity index (χ1) is 9.95. The van der Waals surface area contributed by atoms with Gasteiger partial charge in [0.05, 0.1) is 16.6 Å². The lowest BCUT2D eigenvalue weighted by Crippen LogP contribution is -1.92. The average Bonchev–Trinajstić information content (AvgIpc) is 2.84. The van der Waals surface area contributed by atoms with Crippen molar-refractivity contribution in [3.63, 3.8) is 0 Å². The highest BCUT2D eigenvalue weighted by Gasteiger charge is 2.14. The molecule has 0 saturated carbocycles. The first kappa shape index (κ1) is 13.7. The van der Waals surface area contributed by atoms with Gasteiger partial charge in [-0.25, -0.2) is 4.98 Å². The normalized spacial score (nSPS) is 11.5. The van der Waals surface area contributed by atoms with Crippen molar-refractivity contribution in [2.45, 2.75) is 33.6 Å². The highest BCUT2D eigenvalue weighted by molar-refractivity contribution is 5.81. The van der Waals surface area contributed by atoms with Crippen LogP contribution in [0.2, 0.25) is 0 Å². The number of hydrogen-bond donors (Lipinski definition) is 2. The van der Waals surface area contributed by atoms with Crippen LogP contribution in [0.25, 0.3) is 22.4 Å². The van der Waals surface area contributed by atoms with E-state index in [9.17, 15) is 5.11 Å². The van der Waals surface area contributed by atoms with Crippen molar-refractivity contribution in [2.24, 2.45) is 0 Å². The van der Waals surface area contributed by atoms with Gasteiger partial charge < -0.3 is 10.1 Å². The standard InChI is InChI=1S/C18H20N2O/c1-10(2)13-8-12(4)17(21)14(9-13)18-19-15-6-5-11(3)7-16(15)20-18/h5-10,21H,1-4H3,(H,19,20). The summed E-state index contributed by atoms with van der Waals surface area (Å²) in [6.07, 6.45) is 0. The molecule has 2 aromatic carbocycles. The minimum absolute atomic E-state index is 0.301. The van der Waals surface area contributed by atoms with E-state index in [1.54, 1.807) is 0 Å². The molecule has 0 radical (unpaired) electrons. The zero-order valence-corrected chi connectivity index (χ0v) is 12.9. The zero-order chi connectivity index (χ0) is 15.1. The third-order valence-corrected chi connectivity index (χ3v) is 3.88. The Morgan fingerprint density at radius 2 is 1.86 bits per heavy atom. The van der Waals surface area contributed by atoms with E-state index in [0.29, 0.717) is 11.7 Å². The molecule has 0 unspecified atom stereocenters. The molecule has 3 aromatic rings. The van der Waals surface area contributed by atoms with Crippen LogP contribution in [-0.2, 0) is 0 Å². The van der Waals surface area contributed by atoms with Gasteiger partial charge in [0.15, 0.2) is 0 Å². The highest BCUT2D eigenvalue weighted by Crippen LogP contribution is 2.34. The second-order valence-electron chi connectivity index (χ2n) is 5.99. The predicted molar refractivity (Wildman–Crippen MR) is 86.8 cm³/mol. The quantitative estimate of drug-likeness (QED) is 0.716. The molecule has 2 N–H and O–H groups in total. The molecule has 108 valence electrons. The second-order valence-corrected chi connectivity index (χ2v) is 5.99. The Hall–Kier alpha value is -2.29. The molecule has 0 spiro atoms. The molecule has 3 heteroatoms. The number of aromatic nitrogens is 2. The lowest BCUT2D eigenvalue weighted by molar-refractivity contribution is 0.472. The SMILES string of the molecule is Cc1ccc2nc(-c3cc(C(C)C)cc(C)c3O)[nH]c2c1. The molecule has 0 bridgehead atoms. The number of benzene rings is 2. The molecule has 3 nitrogen and oxygen atoms in total. The Balaban J connectivity index is 2.21. The number of hydrogen-bond acceptors (Lipinski definition) is 2. The van der Waals surface area contributed by atoms with Gasteiger partial charge in [0.25, 0.3) is 0 Å². The summed E-state index contributed by atoms with van der Waals surface area (Å²) in [5, 5.41) is 10.4. The van der Waals surface area contributed by atoms with Crippen LogP contribution in [0, 0.1) is 13.8 Å². The monoisotopic (exact) mass is 280 g/mol. The van der Waals surface area contributed by atoms with Crippen LogP contribution in [0.1, 0.15) is 36.5 Å². The smallest absolute Gasteiger partial charge is 0.142 e. The Bertz CT molecular complexity index is 815. The fourth-order valence-corrected chi connectivity index (χ4v) is 2.57.